The van der Waals surface area contributed by atoms with E-state index < -0.39 is 10.2 Å². The molecule has 0 aromatic rings. The fraction of sp³-hybridized carbons (Fsp3) is 0.923. The van der Waals surface area contributed by atoms with Crippen LogP contribution in [0.1, 0.15) is 38.5 Å². The molecule has 6 nitrogen and oxygen atoms in total. The number of nitrogens with two attached hydrogens (primary N) is 1. The molecule has 0 aromatic heterocycles. The highest BCUT2D eigenvalue weighted by Gasteiger charge is 2.43. The van der Waals surface area contributed by atoms with E-state index in [1.807, 2.05) is 0 Å². The van der Waals surface area contributed by atoms with E-state index in [1.165, 1.54) is 30.0 Å². The van der Waals surface area contributed by atoms with Gasteiger partial charge in [-0.15, -0.1) is 0 Å². The number of hydrogen-bond acceptors (Lipinski definition) is 3. The van der Waals surface area contributed by atoms with Crippen molar-refractivity contribution in [2.75, 3.05) is 13.1 Å². The number of piperidine rings is 1. The Morgan fingerprint density at radius 2 is 1.55 bits per heavy atom. The van der Waals surface area contributed by atoms with Gasteiger partial charge in [0, 0.05) is 25.0 Å². The standard InChI is InChI=1S/C13H23N3O3S/c14-20(18,19)16-7-5-11(6-8-16)13(17)15-12(9-1-2-9)10-3-4-10/h9-12H,1-8H2,(H,15,17)(H2,14,18,19). The van der Waals surface area contributed by atoms with Gasteiger partial charge in [0.05, 0.1) is 0 Å². The Labute approximate surface area is 120 Å². The summed E-state index contributed by atoms with van der Waals surface area (Å²) in [5.74, 6) is 1.43. The van der Waals surface area contributed by atoms with Gasteiger partial charge >= 0.3 is 0 Å². The molecule has 0 radical (unpaired) electrons. The molecule has 0 spiro atoms. The van der Waals surface area contributed by atoms with Crippen LogP contribution in [0.3, 0.4) is 0 Å². The summed E-state index contributed by atoms with van der Waals surface area (Å²) < 4.78 is 23.7. The maximum Gasteiger partial charge on any atom is 0.276 e. The summed E-state index contributed by atoms with van der Waals surface area (Å²) in [7, 11) is -3.60. The van der Waals surface area contributed by atoms with Crippen LogP contribution >= 0.6 is 0 Å². The van der Waals surface area contributed by atoms with Crippen LogP contribution in [-0.2, 0) is 15.0 Å². The van der Waals surface area contributed by atoms with E-state index in [-0.39, 0.29) is 11.8 Å². The zero-order valence-electron chi connectivity index (χ0n) is 11.6. The van der Waals surface area contributed by atoms with Crippen molar-refractivity contribution >= 4 is 16.1 Å². The molecular formula is C13H23N3O3S. The van der Waals surface area contributed by atoms with Gasteiger partial charge in [-0.25, -0.2) is 5.14 Å². The van der Waals surface area contributed by atoms with E-state index in [4.69, 9.17) is 5.14 Å². The Hall–Kier alpha value is -0.660. The van der Waals surface area contributed by atoms with Crippen molar-refractivity contribution < 1.29 is 13.2 Å². The largest absolute Gasteiger partial charge is 0.353 e. The maximum absolute atomic E-state index is 12.3. The van der Waals surface area contributed by atoms with Crippen LogP contribution < -0.4 is 10.5 Å². The molecule has 3 aliphatic rings. The number of amides is 1. The second-order valence-corrected chi connectivity index (χ2v) is 7.97. The van der Waals surface area contributed by atoms with Crippen molar-refractivity contribution in [1.82, 2.24) is 9.62 Å². The van der Waals surface area contributed by atoms with Crippen molar-refractivity contribution in [3.05, 3.63) is 0 Å². The van der Waals surface area contributed by atoms with Crippen LogP contribution in [-0.4, -0.2) is 37.8 Å². The van der Waals surface area contributed by atoms with Crippen molar-refractivity contribution in [2.24, 2.45) is 22.9 Å². The van der Waals surface area contributed by atoms with E-state index in [9.17, 15) is 13.2 Å². The molecule has 1 amide bonds. The predicted molar refractivity (Wildman–Crippen MR) is 74.8 cm³/mol. The lowest BCUT2D eigenvalue weighted by atomic mass is 9.96. The smallest absolute Gasteiger partial charge is 0.276 e. The summed E-state index contributed by atoms with van der Waals surface area (Å²) in [5, 5.41) is 8.33. The van der Waals surface area contributed by atoms with Gasteiger partial charge in [0.2, 0.25) is 5.91 Å². The van der Waals surface area contributed by atoms with Gasteiger partial charge in [0.15, 0.2) is 0 Å². The first-order chi connectivity index (χ1) is 9.45. The topological polar surface area (TPSA) is 92.5 Å². The lowest BCUT2D eigenvalue weighted by Crippen LogP contribution is -2.47. The van der Waals surface area contributed by atoms with Gasteiger partial charge in [-0.05, 0) is 50.4 Å². The molecule has 7 heteroatoms. The Morgan fingerprint density at radius 3 is 1.95 bits per heavy atom. The van der Waals surface area contributed by atoms with E-state index in [1.54, 1.807) is 0 Å². The lowest BCUT2D eigenvalue weighted by Gasteiger charge is -2.30. The molecule has 114 valence electrons. The second kappa shape index (κ2) is 5.27. The highest BCUT2D eigenvalue weighted by molar-refractivity contribution is 7.86. The summed E-state index contributed by atoms with van der Waals surface area (Å²) in [6.07, 6.45) is 6.11. The van der Waals surface area contributed by atoms with E-state index in [2.05, 4.69) is 5.32 Å². The summed E-state index contributed by atoms with van der Waals surface area (Å²) in [5.41, 5.74) is 0. The second-order valence-electron chi connectivity index (χ2n) is 6.43. The minimum atomic E-state index is -3.60. The van der Waals surface area contributed by atoms with Gasteiger partial charge in [0.1, 0.15) is 0 Å². The fourth-order valence-electron chi connectivity index (χ4n) is 3.19. The third-order valence-electron chi connectivity index (χ3n) is 4.75. The number of hydrogen-bond donors (Lipinski definition) is 2. The Balaban J connectivity index is 1.51. The van der Waals surface area contributed by atoms with E-state index in [0.717, 1.165) is 0 Å². The molecule has 1 aliphatic heterocycles. The first-order valence-corrected chi connectivity index (χ1v) is 9.03. The Bertz CT molecular complexity index is 465. The quantitative estimate of drug-likeness (QED) is 0.760. The number of rotatable bonds is 5. The van der Waals surface area contributed by atoms with Crippen LogP contribution in [0.5, 0.6) is 0 Å². The van der Waals surface area contributed by atoms with Crippen LogP contribution in [0.2, 0.25) is 0 Å². The minimum absolute atomic E-state index is 0.0620. The minimum Gasteiger partial charge on any atom is -0.353 e. The van der Waals surface area contributed by atoms with Crippen molar-refractivity contribution in [3.63, 3.8) is 0 Å². The summed E-state index contributed by atoms with van der Waals surface area (Å²) in [6, 6.07) is 0.374. The van der Waals surface area contributed by atoms with Gasteiger partial charge in [-0.1, -0.05) is 0 Å². The zero-order valence-corrected chi connectivity index (χ0v) is 12.4. The predicted octanol–water partition coefficient (Wildman–Crippen LogP) is 0.207. The number of nitrogens with zero attached hydrogens (tertiary/aromatic N) is 1. The Morgan fingerprint density at radius 1 is 1.05 bits per heavy atom. The molecule has 0 atom stereocenters. The molecular weight excluding hydrogens is 278 g/mol. The van der Waals surface area contributed by atoms with Crippen LogP contribution in [0.25, 0.3) is 0 Å². The van der Waals surface area contributed by atoms with Crippen LogP contribution in [0.4, 0.5) is 0 Å². The Kier molecular flexibility index (Phi) is 3.77. The molecule has 2 saturated carbocycles. The fourth-order valence-corrected chi connectivity index (χ4v) is 3.91. The first kappa shape index (κ1) is 14.3. The molecule has 0 bridgehead atoms. The van der Waals surface area contributed by atoms with E-state index in [0.29, 0.717) is 43.8 Å². The molecule has 3 N–H and O–H groups in total. The molecule has 20 heavy (non-hydrogen) atoms. The average molecular weight is 301 g/mol. The van der Waals surface area contributed by atoms with Crippen LogP contribution in [0, 0.1) is 17.8 Å². The number of carbonyl (C=O) groups excluding carboxylic acids is 1. The van der Waals surface area contributed by atoms with Gasteiger partial charge in [-0.3, -0.25) is 4.79 Å². The van der Waals surface area contributed by atoms with Crippen molar-refractivity contribution in [1.29, 1.82) is 0 Å². The zero-order chi connectivity index (χ0) is 14.3. The molecule has 0 aromatic carbocycles. The normalized spacial score (nSPS) is 25.9. The van der Waals surface area contributed by atoms with Crippen molar-refractivity contribution in [2.45, 2.75) is 44.6 Å². The van der Waals surface area contributed by atoms with Crippen molar-refractivity contribution in [3.8, 4) is 0 Å². The molecule has 1 heterocycles. The first-order valence-electron chi connectivity index (χ1n) is 7.53. The van der Waals surface area contributed by atoms with E-state index >= 15 is 0 Å². The lowest BCUT2D eigenvalue weighted by molar-refractivity contribution is -0.127. The van der Waals surface area contributed by atoms with Gasteiger partial charge in [0.25, 0.3) is 10.2 Å². The summed E-state index contributed by atoms with van der Waals surface area (Å²) in [6.45, 7) is 0.711. The molecule has 3 rings (SSSR count). The average Bonchev–Trinajstić information content (AvgIpc) is 3.28. The SMILES string of the molecule is NS(=O)(=O)N1CCC(C(=O)NC(C2CC2)C2CC2)CC1. The highest BCUT2D eigenvalue weighted by atomic mass is 32.2. The highest BCUT2D eigenvalue weighted by Crippen LogP contribution is 2.44. The third kappa shape index (κ3) is 3.32. The summed E-state index contributed by atoms with van der Waals surface area (Å²) in [4.78, 5) is 12.3. The maximum atomic E-state index is 12.3. The molecule has 1 saturated heterocycles. The molecule has 2 aliphatic carbocycles. The summed E-state index contributed by atoms with van der Waals surface area (Å²) >= 11 is 0. The van der Waals surface area contributed by atoms with Gasteiger partial charge < -0.3 is 5.32 Å². The third-order valence-corrected chi connectivity index (χ3v) is 5.84. The van der Waals surface area contributed by atoms with Gasteiger partial charge in [-0.2, -0.15) is 12.7 Å². The monoisotopic (exact) mass is 301 g/mol. The van der Waals surface area contributed by atoms with Crippen LogP contribution in [0.15, 0.2) is 0 Å². The number of nitrogens with one attached hydrogen (secondary N) is 1. The number of carbonyl (C=O) groups is 1. The molecule has 0 unspecified atom stereocenters. The molecule has 3 fully saturated rings.